The van der Waals surface area contributed by atoms with Gasteiger partial charge in [-0.1, -0.05) is 6.92 Å². The van der Waals surface area contributed by atoms with E-state index in [0.29, 0.717) is 5.25 Å². The van der Waals surface area contributed by atoms with E-state index in [0.717, 1.165) is 19.6 Å². The lowest BCUT2D eigenvalue weighted by molar-refractivity contribution is 0.0450. The summed E-state index contributed by atoms with van der Waals surface area (Å²) in [6.07, 6.45) is 0.922. The zero-order valence-electron chi connectivity index (χ0n) is 7.40. The molecule has 72 valence electrons. The normalized spacial score (nSPS) is 23.2. The number of ether oxygens (including phenoxy) is 1. The number of hydrogen-bond acceptors (Lipinski definition) is 4. The van der Waals surface area contributed by atoms with Crippen molar-refractivity contribution in [2.24, 2.45) is 5.73 Å². The molecule has 1 saturated heterocycles. The van der Waals surface area contributed by atoms with Crippen LogP contribution in [0.25, 0.3) is 0 Å². The summed E-state index contributed by atoms with van der Waals surface area (Å²) in [7, 11) is 0. The zero-order chi connectivity index (χ0) is 8.97. The van der Waals surface area contributed by atoms with Gasteiger partial charge >= 0.3 is 0 Å². The van der Waals surface area contributed by atoms with Gasteiger partial charge in [0.15, 0.2) is 0 Å². The molecule has 3 nitrogen and oxygen atoms in total. The average molecular weight is 191 g/mol. The molecule has 0 radical (unpaired) electrons. The van der Waals surface area contributed by atoms with Gasteiger partial charge in [-0.2, -0.15) is 0 Å². The van der Waals surface area contributed by atoms with E-state index in [1.165, 1.54) is 0 Å². The summed E-state index contributed by atoms with van der Waals surface area (Å²) in [4.78, 5) is 0. The molecule has 0 bridgehead atoms. The Morgan fingerprint density at radius 3 is 2.67 bits per heavy atom. The van der Waals surface area contributed by atoms with Gasteiger partial charge in [0, 0.05) is 11.3 Å². The van der Waals surface area contributed by atoms with Gasteiger partial charge in [0.25, 0.3) is 0 Å². The summed E-state index contributed by atoms with van der Waals surface area (Å²) in [6.45, 7) is 3.86. The van der Waals surface area contributed by atoms with Crippen LogP contribution >= 0.6 is 11.8 Å². The largest absolute Gasteiger partial charge is 0.395 e. The predicted octanol–water partition coefficient (Wildman–Crippen LogP) is 0.217. The summed E-state index contributed by atoms with van der Waals surface area (Å²) >= 11 is 1.76. The molecule has 0 aliphatic carbocycles. The van der Waals surface area contributed by atoms with Gasteiger partial charge in [0.2, 0.25) is 0 Å². The molecule has 0 aromatic rings. The maximum Gasteiger partial charge on any atom is 0.0608 e. The maximum atomic E-state index is 9.05. The standard InChI is InChI=1S/C8H17NO2S/c1-2-7(9)8(3-10)12-6-4-11-5-6/h6-8,10H,2-5,9H2,1H3. The maximum absolute atomic E-state index is 9.05. The highest BCUT2D eigenvalue weighted by Crippen LogP contribution is 2.25. The number of hydrogen-bond donors (Lipinski definition) is 2. The van der Waals surface area contributed by atoms with Gasteiger partial charge in [-0.25, -0.2) is 0 Å². The quantitative estimate of drug-likeness (QED) is 0.652. The Balaban J connectivity index is 2.23. The second-order valence-corrected chi connectivity index (χ2v) is 4.63. The van der Waals surface area contributed by atoms with E-state index in [1.54, 1.807) is 11.8 Å². The molecule has 0 amide bonds. The number of nitrogens with two attached hydrogens (primary N) is 1. The SMILES string of the molecule is CCC(N)C(CO)SC1COC1. The van der Waals surface area contributed by atoms with Gasteiger partial charge in [0.1, 0.15) is 0 Å². The number of rotatable bonds is 5. The third-order valence-electron chi connectivity index (χ3n) is 2.10. The molecule has 1 fully saturated rings. The molecule has 3 N–H and O–H groups in total. The lowest BCUT2D eigenvalue weighted by Gasteiger charge is -2.30. The molecular weight excluding hydrogens is 174 g/mol. The Hall–Kier alpha value is 0.230. The van der Waals surface area contributed by atoms with Gasteiger partial charge in [-0.05, 0) is 6.42 Å². The summed E-state index contributed by atoms with van der Waals surface area (Å²) in [6, 6.07) is 0.112. The number of thioether (sulfide) groups is 1. The number of aliphatic hydroxyl groups excluding tert-OH is 1. The van der Waals surface area contributed by atoms with Crippen molar-refractivity contribution in [2.75, 3.05) is 19.8 Å². The van der Waals surface area contributed by atoms with E-state index >= 15 is 0 Å². The molecular formula is C8H17NO2S. The molecule has 12 heavy (non-hydrogen) atoms. The van der Waals surface area contributed by atoms with Crippen LogP contribution in [0.15, 0.2) is 0 Å². The Bertz CT molecular complexity index is 130. The third-order valence-corrected chi connectivity index (χ3v) is 3.61. The second-order valence-electron chi connectivity index (χ2n) is 3.09. The van der Waals surface area contributed by atoms with Crippen LogP contribution in [0.2, 0.25) is 0 Å². The first-order valence-electron chi connectivity index (χ1n) is 4.37. The van der Waals surface area contributed by atoms with Crippen molar-refractivity contribution in [2.45, 2.75) is 29.9 Å². The molecule has 0 aromatic carbocycles. The molecule has 0 spiro atoms. The van der Waals surface area contributed by atoms with E-state index in [1.807, 2.05) is 6.92 Å². The first-order chi connectivity index (χ1) is 5.77. The first kappa shape index (κ1) is 10.3. The Kier molecular flexibility index (Phi) is 4.35. The highest BCUT2D eigenvalue weighted by atomic mass is 32.2. The van der Waals surface area contributed by atoms with Gasteiger partial charge in [-0.15, -0.1) is 11.8 Å². The van der Waals surface area contributed by atoms with Crippen LogP contribution in [0, 0.1) is 0 Å². The Morgan fingerprint density at radius 2 is 2.33 bits per heavy atom. The summed E-state index contributed by atoms with van der Waals surface area (Å²) < 4.78 is 5.05. The number of aliphatic hydroxyl groups is 1. The van der Waals surface area contributed by atoms with Gasteiger partial charge in [-0.3, -0.25) is 0 Å². The Labute approximate surface area is 77.7 Å². The van der Waals surface area contributed by atoms with Gasteiger partial charge < -0.3 is 15.6 Å². The lowest BCUT2D eigenvalue weighted by atomic mass is 10.2. The highest BCUT2D eigenvalue weighted by molar-refractivity contribution is 8.00. The zero-order valence-corrected chi connectivity index (χ0v) is 8.22. The molecule has 0 aromatic heterocycles. The fourth-order valence-corrected chi connectivity index (χ4v) is 2.41. The molecule has 1 aliphatic heterocycles. The van der Waals surface area contributed by atoms with Crippen LogP contribution in [0.1, 0.15) is 13.3 Å². The smallest absolute Gasteiger partial charge is 0.0608 e. The highest BCUT2D eigenvalue weighted by Gasteiger charge is 2.25. The topological polar surface area (TPSA) is 55.5 Å². The molecule has 1 rings (SSSR count). The minimum Gasteiger partial charge on any atom is -0.395 e. The Morgan fingerprint density at radius 1 is 1.67 bits per heavy atom. The minimum absolute atomic E-state index is 0.112. The second kappa shape index (κ2) is 5.07. The predicted molar refractivity (Wildman–Crippen MR) is 51.3 cm³/mol. The summed E-state index contributed by atoms with van der Waals surface area (Å²) in [5, 5.41) is 9.79. The van der Waals surface area contributed by atoms with Gasteiger partial charge in [0.05, 0.1) is 25.1 Å². The molecule has 0 saturated carbocycles. The molecule has 1 heterocycles. The summed E-state index contributed by atoms with van der Waals surface area (Å²) in [5.74, 6) is 0. The van der Waals surface area contributed by atoms with Crippen LogP contribution in [0.3, 0.4) is 0 Å². The van der Waals surface area contributed by atoms with Crippen LogP contribution in [0.4, 0.5) is 0 Å². The van der Waals surface area contributed by atoms with Crippen LogP contribution in [0.5, 0.6) is 0 Å². The van der Waals surface area contributed by atoms with Crippen LogP contribution < -0.4 is 5.73 Å². The van der Waals surface area contributed by atoms with Crippen LogP contribution in [-0.2, 0) is 4.74 Å². The van der Waals surface area contributed by atoms with Crippen molar-refractivity contribution in [1.82, 2.24) is 0 Å². The van der Waals surface area contributed by atoms with Crippen molar-refractivity contribution >= 4 is 11.8 Å². The fourth-order valence-electron chi connectivity index (χ4n) is 1.08. The van der Waals surface area contributed by atoms with Crippen molar-refractivity contribution in [3.05, 3.63) is 0 Å². The molecule has 4 heteroatoms. The van der Waals surface area contributed by atoms with E-state index < -0.39 is 0 Å². The van der Waals surface area contributed by atoms with Crippen molar-refractivity contribution in [3.8, 4) is 0 Å². The molecule has 2 atom stereocenters. The minimum atomic E-state index is 0.112. The van der Waals surface area contributed by atoms with Crippen molar-refractivity contribution in [3.63, 3.8) is 0 Å². The van der Waals surface area contributed by atoms with Crippen molar-refractivity contribution < 1.29 is 9.84 Å². The van der Waals surface area contributed by atoms with E-state index in [4.69, 9.17) is 15.6 Å². The molecule has 2 unspecified atom stereocenters. The van der Waals surface area contributed by atoms with Crippen molar-refractivity contribution in [1.29, 1.82) is 0 Å². The van der Waals surface area contributed by atoms with E-state index in [9.17, 15) is 0 Å². The monoisotopic (exact) mass is 191 g/mol. The molecule has 1 aliphatic rings. The van der Waals surface area contributed by atoms with Crippen LogP contribution in [-0.4, -0.2) is 41.5 Å². The van der Waals surface area contributed by atoms with E-state index in [2.05, 4.69) is 0 Å². The average Bonchev–Trinajstić information content (AvgIpc) is 2.02. The third kappa shape index (κ3) is 2.62. The lowest BCUT2D eigenvalue weighted by Crippen LogP contribution is -2.40. The fraction of sp³-hybridized carbons (Fsp3) is 1.00. The van der Waals surface area contributed by atoms with E-state index in [-0.39, 0.29) is 17.9 Å². The first-order valence-corrected chi connectivity index (χ1v) is 5.31. The summed E-state index contributed by atoms with van der Waals surface area (Å²) in [5.41, 5.74) is 5.83.